The number of methoxy groups -OCH3 is 1. The number of anilines is 1. The number of thioether (sulfide) groups is 1. The highest BCUT2D eigenvalue weighted by molar-refractivity contribution is 7.99. The van der Waals surface area contributed by atoms with Crippen LogP contribution in [0.5, 0.6) is 5.75 Å². The zero-order chi connectivity index (χ0) is 12.1. The molecule has 17 heavy (non-hydrogen) atoms. The van der Waals surface area contributed by atoms with Crippen LogP contribution in [0.15, 0.2) is 18.2 Å². The van der Waals surface area contributed by atoms with E-state index in [1.807, 2.05) is 12.1 Å². The molecule has 0 aliphatic heterocycles. The molecule has 1 fully saturated rings. The van der Waals surface area contributed by atoms with E-state index >= 15 is 0 Å². The largest absolute Gasteiger partial charge is 0.495 e. The van der Waals surface area contributed by atoms with Crippen LogP contribution in [0.25, 0.3) is 0 Å². The summed E-state index contributed by atoms with van der Waals surface area (Å²) in [7, 11) is 1.65. The lowest BCUT2D eigenvalue weighted by Crippen LogP contribution is -2.08. The van der Waals surface area contributed by atoms with Crippen molar-refractivity contribution < 1.29 is 4.74 Å². The van der Waals surface area contributed by atoms with E-state index in [4.69, 9.17) is 10.5 Å². The quantitative estimate of drug-likeness (QED) is 0.826. The van der Waals surface area contributed by atoms with Gasteiger partial charge in [-0.2, -0.15) is 11.8 Å². The summed E-state index contributed by atoms with van der Waals surface area (Å²) in [5.74, 6) is 1.84. The molecule has 0 spiro atoms. The number of hydrogen-bond acceptors (Lipinski definition) is 3. The van der Waals surface area contributed by atoms with Crippen molar-refractivity contribution >= 4 is 17.4 Å². The molecular formula is C14H21NOS. The lowest BCUT2D eigenvalue weighted by atomic mass is 10.0. The average Bonchev–Trinajstić information content (AvgIpc) is 2.38. The van der Waals surface area contributed by atoms with Crippen molar-refractivity contribution in [2.75, 3.05) is 12.8 Å². The maximum atomic E-state index is 5.91. The van der Waals surface area contributed by atoms with Gasteiger partial charge in [0, 0.05) is 11.0 Å². The van der Waals surface area contributed by atoms with Crippen LogP contribution in [-0.4, -0.2) is 12.4 Å². The van der Waals surface area contributed by atoms with Crippen molar-refractivity contribution in [1.29, 1.82) is 0 Å². The van der Waals surface area contributed by atoms with E-state index in [9.17, 15) is 0 Å². The average molecular weight is 251 g/mol. The monoisotopic (exact) mass is 251 g/mol. The van der Waals surface area contributed by atoms with Gasteiger partial charge >= 0.3 is 0 Å². The molecule has 1 aromatic rings. The second-order valence-electron chi connectivity index (χ2n) is 4.65. The Morgan fingerprint density at radius 1 is 1.29 bits per heavy atom. The van der Waals surface area contributed by atoms with Gasteiger partial charge in [-0.15, -0.1) is 0 Å². The van der Waals surface area contributed by atoms with Crippen molar-refractivity contribution in [3.63, 3.8) is 0 Å². The van der Waals surface area contributed by atoms with Gasteiger partial charge in [-0.25, -0.2) is 0 Å². The third-order valence-corrected chi connectivity index (χ3v) is 4.77. The summed E-state index contributed by atoms with van der Waals surface area (Å²) < 4.78 is 5.16. The molecule has 0 heterocycles. The van der Waals surface area contributed by atoms with E-state index in [-0.39, 0.29) is 0 Å². The fraction of sp³-hybridized carbons (Fsp3) is 0.571. The topological polar surface area (TPSA) is 35.2 Å². The Hall–Kier alpha value is -0.830. The van der Waals surface area contributed by atoms with E-state index in [1.165, 1.54) is 37.7 Å². The first-order valence-corrected chi connectivity index (χ1v) is 7.38. The molecule has 2 N–H and O–H groups in total. The number of benzene rings is 1. The van der Waals surface area contributed by atoms with E-state index in [0.29, 0.717) is 0 Å². The highest BCUT2D eigenvalue weighted by Gasteiger charge is 2.13. The minimum absolute atomic E-state index is 0.745. The third-order valence-electron chi connectivity index (χ3n) is 3.33. The van der Waals surface area contributed by atoms with Crippen LogP contribution in [0.4, 0.5) is 5.69 Å². The lowest BCUT2D eigenvalue weighted by Gasteiger charge is -2.21. The molecule has 2 rings (SSSR count). The second-order valence-corrected chi connectivity index (χ2v) is 5.94. The van der Waals surface area contributed by atoms with Gasteiger partial charge in [-0.1, -0.05) is 25.3 Å². The van der Waals surface area contributed by atoms with E-state index < -0.39 is 0 Å². The number of hydrogen-bond donors (Lipinski definition) is 1. The van der Waals surface area contributed by atoms with Gasteiger partial charge in [0.25, 0.3) is 0 Å². The molecule has 0 bridgehead atoms. The van der Waals surface area contributed by atoms with Gasteiger partial charge in [-0.05, 0) is 30.5 Å². The van der Waals surface area contributed by atoms with Gasteiger partial charge in [0.05, 0.1) is 12.8 Å². The summed E-state index contributed by atoms with van der Waals surface area (Å²) in [5, 5.41) is 0.854. The van der Waals surface area contributed by atoms with Crippen LogP contribution >= 0.6 is 11.8 Å². The summed E-state index contributed by atoms with van der Waals surface area (Å²) in [5.41, 5.74) is 7.96. The highest BCUT2D eigenvalue weighted by Crippen LogP contribution is 2.31. The minimum atomic E-state index is 0.745. The van der Waals surface area contributed by atoms with Crippen LogP contribution in [0.3, 0.4) is 0 Å². The first-order chi connectivity index (χ1) is 8.29. The Balaban J connectivity index is 1.87. The smallest absolute Gasteiger partial charge is 0.141 e. The van der Waals surface area contributed by atoms with Crippen LogP contribution in [0.1, 0.15) is 37.7 Å². The summed E-state index contributed by atoms with van der Waals surface area (Å²) in [6.45, 7) is 0. The molecule has 0 atom stereocenters. The van der Waals surface area contributed by atoms with E-state index in [0.717, 1.165) is 22.4 Å². The minimum Gasteiger partial charge on any atom is -0.495 e. The molecule has 0 unspecified atom stereocenters. The maximum Gasteiger partial charge on any atom is 0.141 e. The fourth-order valence-corrected chi connectivity index (χ4v) is 3.59. The van der Waals surface area contributed by atoms with Crippen LogP contribution in [0, 0.1) is 0 Å². The Labute approximate surface area is 108 Å². The number of nitrogen functional groups attached to an aromatic ring is 1. The van der Waals surface area contributed by atoms with Gasteiger partial charge in [0.1, 0.15) is 5.75 Å². The molecular weight excluding hydrogens is 230 g/mol. The Kier molecular flexibility index (Phi) is 4.60. The van der Waals surface area contributed by atoms with Crippen LogP contribution in [0.2, 0.25) is 0 Å². The first kappa shape index (κ1) is 12.6. The van der Waals surface area contributed by atoms with Gasteiger partial charge in [-0.3, -0.25) is 0 Å². The first-order valence-electron chi connectivity index (χ1n) is 6.33. The van der Waals surface area contributed by atoms with Crippen LogP contribution < -0.4 is 10.5 Å². The van der Waals surface area contributed by atoms with Gasteiger partial charge in [0.15, 0.2) is 0 Å². The zero-order valence-electron chi connectivity index (χ0n) is 10.4. The SMILES string of the molecule is COc1ccc(CSC2CCCCC2)cc1N. The molecule has 0 aromatic heterocycles. The summed E-state index contributed by atoms with van der Waals surface area (Å²) in [4.78, 5) is 0. The molecule has 0 amide bonds. The number of nitrogens with two attached hydrogens (primary N) is 1. The van der Waals surface area contributed by atoms with Gasteiger partial charge < -0.3 is 10.5 Å². The Morgan fingerprint density at radius 3 is 2.71 bits per heavy atom. The molecule has 2 nitrogen and oxygen atoms in total. The van der Waals surface area contributed by atoms with E-state index in [2.05, 4.69) is 17.8 Å². The Morgan fingerprint density at radius 2 is 2.06 bits per heavy atom. The summed E-state index contributed by atoms with van der Waals surface area (Å²) in [6.07, 6.45) is 7.00. The third kappa shape index (κ3) is 3.56. The normalized spacial score (nSPS) is 17.0. The van der Waals surface area contributed by atoms with Crippen molar-refractivity contribution in [3.8, 4) is 5.75 Å². The molecule has 1 aliphatic rings. The fourth-order valence-electron chi connectivity index (χ4n) is 2.32. The summed E-state index contributed by atoms with van der Waals surface area (Å²) >= 11 is 2.08. The lowest BCUT2D eigenvalue weighted by molar-refractivity contribution is 0.417. The molecule has 1 saturated carbocycles. The standard InChI is InChI=1S/C14H21NOS/c1-16-14-8-7-11(9-13(14)15)10-17-12-5-3-2-4-6-12/h7-9,12H,2-6,10,15H2,1H3. The highest BCUT2D eigenvalue weighted by atomic mass is 32.2. The maximum absolute atomic E-state index is 5.91. The van der Waals surface area contributed by atoms with Crippen molar-refractivity contribution in [3.05, 3.63) is 23.8 Å². The number of ether oxygens (including phenoxy) is 1. The molecule has 1 aromatic carbocycles. The molecule has 1 aliphatic carbocycles. The van der Waals surface area contributed by atoms with Crippen molar-refractivity contribution in [1.82, 2.24) is 0 Å². The van der Waals surface area contributed by atoms with Gasteiger partial charge in [0.2, 0.25) is 0 Å². The molecule has 94 valence electrons. The predicted molar refractivity (Wildman–Crippen MR) is 75.6 cm³/mol. The van der Waals surface area contributed by atoms with Crippen molar-refractivity contribution in [2.45, 2.75) is 43.1 Å². The zero-order valence-corrected chi connectivity index (χ0v) is 11.3. The van der Waals surface area contributed by atoms with Crippen LogP contribution in [-0.2, 0) is 5.75 Å². The molecule has 0 radical (unpaired) electrons. The van der Waals surface area contributed by atoms with E-state index in [1.54, 1.807) is 7.11 Å². The number of rotatable bonds is 4. The molecule has 3 heteroatoms. The predicted octanol–water partition coefficient (Wildman–Crippen LogP) is 3.84. The Bertz CT molecular complexity index is 361. The second kappa shape index (κ2) is 6.20. The summed E-state index contributed by atoms with van der Waals surface area (Å²) in [6, 6.07) is 6.12. The van der Waals surface area contributed by atoms with Crippen molar-refractivity contribution in [2.24, 2.45) is 0 Å². The molecule has 0 saturated heterocycles.